The van der Waals surface area contributed by atoms with E-state index in [0.717, 1.165) is 0 Å². The minimum absolute atomic E-state index is 0. The first-order valence-electron chi connectivity index (χ1n) is 4.53. The van der Waals surface area contributed by atoms with Crippen LogP contribution in [-0.4, -0.2) is 50.2 Å². The molecule has 88 valence electrons. The van der Waals surface area contributed by atoms with Crippen molar-refractivity contribution in [1.82, 2.24) is 0 Å². The maximum absolute atomic E-state index is 11.0. The van der Waals surface area contributed by atoms with Gasteiger partial charge in [-0.15, -0.1) is 0 Å². The second-order valence-electron chi connectivity index (χ2n) is 4.28. The van der Waals surface area contributed by atoms with Crippen LogP contribution in [0.4, 0.5) is 0 Å². The van der Waals surface area contributed by atoms with Gasteiger partial charge in [-0.2, -0.15) is 0 Å². The third kappa shape index (κ3) is 1.29. The number of fused-ring (bicyclic) bond motifs is 2. The minimum atomic E-state index is -1.57. The molecule has 0 heterocycles. The van der Waals surface area contributed by atoms with E-state index in [4.69, 9.17) is 5.11 Å². The number of aliphatic carboxylic acids is 1. The summed E-state index contributed by atoms with van der Waals surface area (Å²) >= 11 is 0. The van der Waals surface area contributed by atoms with Crippen LogP contribution >= 0.6 is 0 Å². The third-order valence-corrected chi connectivity index (χ3v) is 3.72. The molecule has 0 saturated heterocycles. The minimum Gasteiger partial charge on any atom is -1.00 e. The molecule has 0 aromatic heterocycles. The zero-order chi connectivity index (χ0) is 10.7. The molecule has 0 amide bonds. The van der Waals surface area contributed by atoms with Gasteiger partial charge in [-0.3, -0.25) is 0 Å². The van der Waals surface area contributed by atoms with E-state index < -0.39 is 41.7 Å². The normalized spacial score (nSPS) is 52.7. The van der Waals surface area contributed by atoms with Crippen LogP contribution in [0.25, 0.3) is 0 Å². The van der Waals surface area contributed by atoms with Crippen molar-refractivity contribution < 1.29 is 43.4 Å². The van der Waals surface area contributed by atoms with Gasteiger partial charge in [-0.25, -0.2) is 4.79 Å². The van der Waals surface area contributed by atoms with Gasteiger partial charge in [0, 0.05) is 5.92 Å². The van der Waals surface area contributed by atoms with E-state index in [2.05, 4.69) is 5.73 Å². The topological polar surface area (TPSA) is 126 Å². The first kappa shape index (κ1) is 12.7. The fourth-order valence-corrected chi connectivity index (χ4v) is 2.78. The number of rotatable bonds is 1. The lowest BCUT2D eigenvalue weighted by Gasteiger charge is -2.35. The first-order valence-corrected chi connectivity index (χ1v) is 4.53. The molecule has 7 N–H and O–H groups in total. The van der Waals surface area contributed by atoms with Crippen molar-refractivity contribution in [3.8, 4) is 0 Å². The smallest absolute Gasteiger partial charge is 0.368 e. The first-order chi connectivity index (χ1) is 6.40. The van der Waals surface area contributed by atoms with E-state index in [1.807, 2.05) is 0 Å². The molecule has 0 aliphatic heterocycles. The summed E-state index contributed by atoms with van der Waals surface area (Å²) in [5.41, 5.74) is 1.93. The zero-order valence-corrected chi connectivity index (χ0v) is 8.63. The Labute approximate surface area is 92.1 Å². The van der Waals surface area contributed by atoms with Crippen LogP contribution in [-0.2, 0) is 4.79 Å². The Bertz CT molecular complexity index is 288. The van der Waals surface area contributed by atoms with Gasteiger partial charge in [0.05, 0.1) is 18.1 Å². The standard InChI is InChI=1S/C8H13NO5.ClH/c9-8(7(13)14)3-1-2(6(8)12)4(10)5(3)11;/h2-6,10-12H,1,9H2,(H,13,14);1H/t2-,3+,4+,5+,6-,8+;/m1./s1. The predicted octanol–water partition coefficient (Wildman–Crippen LogP) is -6.21. The summed E-state index contributed by atoms with van der Waals surface area (Å²) in [6.45, 7) is 0. The Morgan fingerprint density at radius 2 is 1.80 bits per heavy atom. The summed E-state index contributed by atoms with van der Waals surface area (Å²) in [5, 5.41) is 37.6. The highest BCUT2D eigenvalue weighted by molar-refractivity contribution is 5.79. The lowest BCUT2D eigenvalue weighted by molar-refractivity contribution is -0.496. The molecule has 6 nitrogen and oxygen atoms in total. The van der Waals surface area contributed by atoms with E-state index in [1.54, 1.807) is 0 Å². The van der Waals surface area contributed by atoms with Crippen LogP contribution in [0.3, 0.4) is 0 Å². The largest absolute Gasteiger partial charge is 1.00 e. The number of halogens is 1. The molecule has 2 saturated carbocycles. The zero-order valence-electron chi connectivity index (χ0n) is 7.88. The van der Waals surface area contributed by atoms with Crippen molar-refractivity contribution in [3.63, 3.8) is 0 Å². The highest BCUT2D eigenvalue weighted by atomic mass is 35.5. The van der Waals surface area contributed by atoms with E-state index in [1.165, 1.54) is 0 Å². The molecular formula is C8H14ClNO5. The van der Waals surface area contributed by atoms with Gasteiger partial charge >= 0.3 is 5.97 Å². The van der Waals surface area contributed by atoms with Crippen LogP contribution in [0.2, 0.25) is 0 Å². The van der Waals surface area contributed by atoms with E-state index in [9.17, 15) is 20.1 Å². The van der Waals surface area contributed by atoms with E-state index in [0.29, 0.717) is 6.42 Å². The monoisotopic (exact) mass is 239 g/mol. The lowest BCUT2D eigenvalue weighted by Crippen LogP contribution is -3.00. The number of carbonyl (C=O) groups is 1. The summed E-state index contributed by atoms with van der Waals surface area (Å²) in [7, 11) is 0. The number of quaternary nitrogens is 1. The number of hydrogen-bond acceptors (Lipinski definition) is 4. The van der Waals surface area contributed by atoms with Crippen LogP contribution in [0.5, 0.6) is 0 Å². The Kier molecular flexibility index (Phi) is 3.01. The average molecular weight is 240 g/mol. The molecule has 0 spiro atoms. The summed E-state index contributed by atoms with van der Waals surface area (Å²) in [6.07, 6.45) is -2.97. The highest BCUT2D eigenvalue weighted by Gasteiger charge is 2.70. The maximum atomic E-state index is 11.0. The van der Waals surface area contributed by atoms with Gasteiger partial charge < -0.3 is 38.6 Å². The highest BCUT2D eigenvalue weighted by Crippen LogP contribution is 2.49. The van der Waals surface area contributed by atoms with E-state index in [-0.39, 0.29) is 12.4 Å². The maximum Gasteiger partial charge on any atom is 0.368 e. The van der Waals surface area contributed by atoms with Crippen LogP contribution in [0.15, 0.2) is 0 Å². The average Bonchev–Trinajstić information content (AvgIpc) is 2.54. The number of aliphatic hydroxyl groups excluding tert-OH is 3. The molecule has 0 unspecified atom stereocenters. The van der Waals surface area contributed by atoms with Gasteiger partial charge in [0.1, 0.15) is 6.10 Å². The van der Waals surface area contributed by atoms with Gasteiger partial charge in [0.15, 0.2) is 0 Å². The van der Waals surface area contributed by atoms with Crippen molar-refractivity contribution >= 4 is 5.97 Å². The van der Waals surface area contributed by atoms with E-state index >= 15 is 0 Å². The van der Waals surface area contributed by atoms with Gasteiger partial charge in [0.25, 0.3) is 0 Å². The molecule has 15 heavy (non-hydrogen) atoms. The van der Waals surface area contributed by atoms with Gasteiger partial charge in [-0.1, -0.05) is 0 Å². The second-order valence-corrected chi connectivity index (χ2v) is 4.28. The molecule has 2 rings (SSSR count). The van der Waals surface area contributed by atoms with Crippen molar-refractivity contribution in [1.29, 1.82) is 0 Å². The lowest BCUT2D eigenvalue weighted by atomic mass is 9.77. The van der Waals surface area contributed by atoms with Crippen LogP contribution in [0, 0.1) is 11.8 Å². The number of carboxylic acid groups (broad SMARTS) is 1. The van der Waals surface area contributed by atoms with Crippen molar-refractivity contribution in [2.45, 2.75) is 30.3 Å². The fraction of sp³-hybridized carbons (Fsp3) is 0.875. The Balaban J connectivity index is 0.00000112. The number of hydrogen-bond donors (Lipinski definition) is 5. The fourth-order valence-electron chi connectivity index (χ4n) is 2.78. The molecule has 2 fully saturated rings. The Morgan fingerprint density at radius 1 is 1.27 bits per heavy atom. The predicted molar refractivity (Wildman–Crippen MR) is 42.9 cm³/mol. The third-order valence-electron chi connectivity index (χ3n) is 3.72. The molecule has 2 aliphatic rings. The quantitative estimate of drug-likeness (QED) is 0.311. The van der Waals surface area contributed by atoms with Crippen LogP contribution in [0.1, 0.15) is 6.42 Å². The SMILES string of the molecule is [Cl-].[NH3+][C@]1(C(=O)O)[C@H](O)[C@@H]2C[C@H]1[C@H](O)[C@H]2O. The molecule has 7 heteroatoms. The molecular weight excluding hydrogens is 226 g/mol. The van der Waals surface area contributed by atoms with Crippen LogP contribution < -0.4 is 18.1 Å². The summed E-state index contributed by atoms with van der Waals surface area (Å²) in [4.78, 5) is 11.0. The molecule has 6 atom stereocenters. The molecule has 0 aromatic rings. The molecule has 0 aromatic carbocycles. The van der Waals surface area contributed by atoms with Crippen molar-refractivity contribution in [2.24, 2.45) is 11.8 Å². The Hall–Kier alpha value is -0.400. The van der Waals surface area contributed by atoms with Gasteiger partial charge in [0.2, 0.25) is 5.54 Å². The number of carboxylic acids is 1. The summed E-state index contributed by atoms with van der Waals surface area (Å²) in [6, 6.07) is 0. The Morgan fingerprint density at radius 3 is 2.20 bits per heavy atom. The van der Waals surface area contributed by atoms with Crippen molar-refractivity contribution in [3.05, 3.63) is 0 Å². The molecule has 2 bridgehead atoms. The van der Waals surface area contributed by atoms with Gasteiger partial charge in [-0.05, 0) is 6.42 Å². The molecule has 2 aliphatic carbocycles. The number of aliphatic hydroxyl groups is 3. The van der Waals surface area contributed by atoms with Crippen molar-refractivity contribution in [2.75, 3.05) is 0 Å². The summed E-state index contributed by atoms with van der Waals surface area (Å²) < 4.78 is 0. The summed E-state index contributed by atoms with van der Waals surface area (Å²) in [5.74, 6) is -2.44. The molecule has 0 radical (unpaired) electrons. The second kappa shape index (κ2) is 3.57.